The fraction of sp³-hybridized carbons (Fsp3) is 0.318. The molecule has 4 rings (SSSR count). The molecule has 0 amide bonds. The molecule has 128 valence electrons. The third kappa shape index (κ3) is 3.83. The van der Waals surface area contributed by atoms with Crippen LogP contribution in [0.2, 0.25) is 0 Å². The minimum Gasteiger partial charge on any atom is -0.490 e. The van der Waals surface area contributed by atoms with E-state index in [0.717, 1.165) is 43.6 Å². The van der Waals surface area contributed by atoms with Gasteiger partial charge in [-0.3, -0.25) is 9.88 Å². The first-order valence-corrected chi connectivity index (χ1v) is 9.05. The molecule has 0 aliphatic carbocycles. The van der Waals surface area contributed by atoms with Gasteiger partial charge < -0.3 is 4.74 Å². The molecule has 1 aliphatic rings. The summed E-state index contributed by atoms with van der Waals surface area (Å²) < 4.78 is 6.24. The molecule has 0 unspecified atom stereocenters. The van der Waals surface area contributed by atoms with Gasteiger partial charge in [0.05, 0.1) is 0 Å². The summed E-state index contributed by atoms with van der Waals surface area (Å²) in [5.74, 6) is 0.969. The van der Waals surface area contributed by atoms with E-state index in [1.54, 1.807) is 0 Å². The lowest BCUT2D eigenvalue weighted by Gasteiger charge is -2.32. The molecule has 0 bridgehead atoms. The Morgan fingerprint density at radius 3 is 2.72 bits per heavy atom. The molecule has 3 aromatic rings. The number of ether oxygens (including phenoxy) is 1. The van der Waals surface area contributed by atoms with Crippen LogP contribution < -0.4 is 4.74 Å². The van der Waals surface area contributed by atoms with Gasteiger partial charge in [-0.25, -0.2) is 0 Å². The number of likely N-dealkylation sites (tertiary alicyclic amines) is 1. The highest BCUT2D eigenvalue weighted by Crippen LogP contribution is 2.24. The molecule has 0 atom stereocenters. The summed E-state index contributed by atoms with van der Waals surface area (Å²) in [4.78, 5) is 6.70. The summed E-state index contributed by atoms with van der Waals surface area (Å²) in [6.07, 6.45) is 6.20. The Morgan fingerprint density at radius 2 is 1.88 bits per heavy atom. The predicted octanol–water partition coefficient (Wildman–Crippen LogP) is 4.59. The number of aromatic nitrogens is 1. The van der Waals surface area contributed by atoms with Crippen LogP contribution in [0.25, 0.3) is 10.8 Å². The molecule has 1 saturated heterocycles. The van der Waals surface area contributed by atoms with Crippen molar-refractivity contribution in [1.29, 1.82) is 0 Å². The van der Waals surface area contributed by atoms with Gasteiger partial charge in [-0.15, -0.1) is 0 Å². The molecule has 0 N–H and O–H groups in total. The monoisotopic (exact) mass is 332 g/mol. The summed E-state index contributed by atoms with van der Waals surface area (Å²) >= 11 is 0. The Balaban J connectivity index is 1.34. The smallest absolute Gasteiger partial charge is 0.120 e. The van der Waals surface area contributed by atoms with Crippen molar-refractivity contribution in [2.45, 2.75) is 32.4 Å². The van der Waals surface area contributed by atoms with E-state index in [2.05, 4.69) is 59.3 Å². The molecule has 1 aromatic heterocycles. The lowest BCUT2D eigenvalue weighted by molar-refractivity contribution is 0.0968. The van der Waals surface area contributed by atoms with Crippen LogP contribution in [-0.2, 0) is 6.54 Å². The lowest BCUT2D eigenvalue weighted by atomic mass is 10.0. The zero-order chi connectivity index (χ0) is 17.1. The third-order valence-corrected chi connectivity index (χ3v) is 5.10. The van der Waals surface area contributed by atoms with Crippen molar-refractivity contribution in [3.63, 3.8) is 0 Å². The van der Waals surface area contributed by atoms with Gasteiger partial charge in [-0.2, -0.15) is 0 Å². The zero-order valence-corrected chi connectivity index (χ0v) is 14.7. The average Bonchev–Trinajstić information content (AvgIpc) is 2.65. The lowest BCUT2D eigenvalue weighted by Crippen LogP contribution is -2.37. The molecule has 3 nitrogen and oxygen atoms in total. The first-order chi connectivity index (χ1) is 12.3. The summed E-state index contributed by atoms with van der Waals surface area (Å²) in [6.45, 7) is 5.43. The largest absolute Gasteiger partial charge is 0.490 e. The van der Waals surface area contributed by atoms with Crippen molar-refractivity contribution in [2.24, 2.45) is 0 Å². The van der Waals surface area contributed by atoms with Gasteiger partial charge in [-0.1, -0.05) is 24.3 Å². The number of rotatable bonds is 4. The Morgan fingerprint density at radius 1 is 1.04 bits per heavy atom. The molecule has 0 spiro atoms. The molecule has 2 aromatic carbocycles. The molecule has 1 fully saturated rings. The number of piperidine rings is 1. The second kappa shape index (κ2) is 7.24. The van der Waals surface area contributed by atoms with Crippen LogP contribution in [0.5, 0.6) is 5.75 Å². The van der Waals surface area contributed by atoms with Crippen LogP contribution >= 0.6 is 0 Å². The second-order valence-corrected chi connectivity index (χ2v) is 6.90. The Hall–Kier alpha value is -2.39. The molecule has 3 heteroatoms. The number of fused-ring (bicyclic) bond motifs is 1. The van der Waals surface area contributed by atoms with E-state index >= 15 is 0 Å². The van der Waals surface area contributed by atoms with Crippen molar-refractivity contribution in [2.75, 3.05) is 13.1 Å². The van der Waals surface area contributed by atoms with Crippen molar-refractivity contribution in [1.82, 2.24) is 9.88 Å². The first kappa shape index (κ1) is 16.1. The Bertz CT molecular complexity index is 853. The fourth-order valence-corrected chi connectivity index (χ4v) is 3.54. The zero-order valence-electron chi connectivity index (χ0n) is 14.7. The van der Waals surface area contributed by atoms with Gasteiger partial charge in [-0.05, 0) is 60.5 Å². The van der Waals surface area contributed by atoms with Crippen molar-refractivity contribution in [3.05, 3.63) is 72.1 Å². The van der Waals surface area contributed by atoms with E-state index in [-0.39, 0.29) is 0 Å². The van der Waals surface area contributed by atoms with Gasteiger partial charge in [0.1, 0.15) is 11.9 Å². The normalized spacial score (nSPS) is 16.2. The minimum atomic E-state index is 0.312. The van der Waals surface area contributed by atoms with E-state index in [9.17, 15) is 0 Å². The summed E-state index contributed by atoms with van der Waals surface area (Å²) in [5, 5.41) is 2.34. The van der Waals surface area contributed by atoms with Crippen LogP contribution in [0.3, 0.4) is 0 Å². The Kier molecular flexibility index (Phi) is 4.66. The standard InChI is InChI=1S/C22H24N2O/c1-17-4-2-3-5-20(17)16-24-12-9-21(10-13-24)25-22-7-6-19-15-23-11-8-18(19)14-22/h2-8,11,14-15,21H,9-10,12-13,16H2,1H3. The molecular formula is C22H24N2O. The highest BCUT2D eigenvalue weighted by molar-refractivity contribution is 5.82. The van der Waals surface area contributed by atoms with E-state index < -0.39 is 0 Å². The molecule has 0 saturated carbocycles. The summed E-state index contributed by atoms with van der Waals surface area (Å²) in [6, 6.07) is 17.0. The fourth-order valence-electron chi connectivity index (χ4n) is 3.54. The number of pyridine rings is 1. The number of aryl methyl sites for hydroxylation is 1. The third-order valence-electron chi connectivity index (χ3n) is 5.10. The van der Waals surface area contributed by atoms with Crippen molar-refractivity contribution >= 4 is 10.8 Å². The van der Waals surface area contributed by atoms with Crippen LogP contribution in [-0.4, -0.2) is 29.1 Å². The molecule has 0 radical (unpaired) electrons. The minimum absolute atomic E-state index is 0.312. The second-order valence-electron chi connectivity index (χ2n) is 6.90. The predicted molar refractivity (Wildman–Crippen MR) is 102 cm³/mol. The molecule has 25 heavy (non-hydrogen) atoms. The number of hydrogen-bond donors (Lipinski definition) is 0. The number of benzene rings is 2. The number of hydrogen-bond acceptors (Lipinski definition) is 3. The van der Waals surface area contributed by atoms with E-state index in [1.165, 1.54) is 16.5 Å². The first-order valence-electron chi connectivity index (χ1n) is 9.05. The molecule has 2 heterocycles. The average molecular weight is 332 g/mol. The van der Waals surface area contributed by atoms with Crippen LogP contribution in [0.1, 0.15) is 24.0 Å². The maximum atomic E-state index is 6.24. The highest BCUT2D eigenvalue weighted by Gasteiger charge is 2.21. The Labute approximate surface area is 149 Å². The van der Waals surface area contributed by atoms with E-state index in [0.29, 0.717) is 6.10 Å². The molecular weight excluding hydrogens is 308 g/mol. The summed E-state index contributed by atoms with van der Waals surface area (Å²) in [5.41, 5.74) is 2.82. The van der Waals surface area contributed by atoms with Gasteiger partial charge >= 0.3 is 0 Å². The van der Waals surface area contributed by atoms with E-state index in [4.69, 9.17) is 4.74 Å². The number of nitrogens with zero attached hydrogens (tertiary/aromatic N) is 2. The van der Waals surface area contributed by atoms with Crippen molar-refractivity contribution in [3.8, 4) is 5.75 Å². The van der Waals surface area contributed by atoms with Crippen LogP contribution in [0.4, 0.5) is 0 Å². The topological polar surface area (TPSA) is 25.4 Å². The maximum Gasteiger partial charge on any atom is 0.120 e. The van der Waals surface area contributed by atoms with Gasteiger partial charge in [0.15, 0.2) is 0 Å². The van der Waals surface area contributed by atoms with Gasteiger partial charge in [0.2, 0.25) is 0 Å². The highest BCUT2D eigenvalue weighted by atomic mass is 16.5. The SMILES string of the molecule is Cc1ccccc1CN1CCC(Oc2ccc3cnccc3c2)CC1. The summed E-state index contributed by atoms with van der Waals surface area (Å²) in [7, 11) is 0. The van der Waals surface area contributed by atoms with Crippen LogP contribution in [0, 0.1) is 6.92 Å². The maximum absolute atomic E-state index is 6.24. The van der Waals surface area contributed by atoms with Crippen LogP contribution in [0.15, 0.2) is 60.9 Å². The van der Waals surface area contributed by atoms with Gasteiger partial charge in [0, 0.05) is 37.4 Å². The van der Waals surface area contributed by atoms with Gasteiger partial charge in [0.25, 0.3) is 0 Å². The molecule has 1 aliphatic heterocycles. The van der Waals surface area contributed by atoms with Crippen molar-refractivity contribution < 1.29 is 4.74 Å². The van der Waals surface area contributed by atoms with E-state index in [1.807, 2.05) is 18.5 Å². The quantitative estimate of drug-likeness (QED) is 0.699.